The molecule has 0 aliphatic carbocycles. The highest BCUT2D eigenvalue weighted by atomic mass is 32.2. The second kappa shape index (κ2) is 7.04. The molecular weight excluding hydrogens is 288 g/mol. The predicted octanol–water partition coefficient (Wildman–Crippen LogP) is 1.28. The molecule has 2 rings (SSSR count). The first kappa shape index (κ1) is 16.0. The van der Waals surface area contributed by atoms with Gasteiger partial charge in [0.2, 0.25) is 5.91 Å². The third-order valence-electron chi connectivity index (χ3n) is 3.69. The van der Waals surface area contributed by atoms with E-state index in [4.69, 9.17) is 4.74 Å². The molecule has 3 atom stereocenters. The molecule has 0 aromatic heterocycles. The summed E-state index contributed by atoms with van der Waals surface area (Å²) in [6.07, 6.45) is 2.22. The third kappa shape index (κ3) is 3.63. The molecule has 1 aromatic carbocycles. The molecule has 0 saturated carbocycles. The van der Waals surface area contributed by atoms with Crippen LogP contribution in [0.5, 0.6) is 5.75 Å². The molecule has 1 fully saturated rings. The van der Waals surface area contributed by atoms with Crippen molar-refractivity contribution in [1.82, 2.24) is 10.2 Å². The van der Waals surface area contributed by atoms with Crippen molar-refractivity contribution < 1.29 is 13.7 Å². The summed E-state index contributed by atoms with van der Waals surface area (Å²) >= 11 is 0. The fourth-order valence-electron chi connectivity index (χ4n) is 2.53. The Morgan fingerprint density at radius 1 is 1.43 bits per heavy atom. The summed E-state index contributed by atoms with van der Waals surface area (Å²) in [5, 5.41) is 3.35. The summed E-state index contributed by atoms with van der Waals surface area (Å²) in [5.41, 5.74) is 0.987. The number of amides is 1. The Hall–Kier alpha value is -1.40. The van der Waals surface area contributed by atoms with Gasteiger partial charge in [-0.3, -0.25) is 14.3 Å². The van der Waals surface area contributed by atoms with E-state index in [0.717, 1.165) is 17.7 Å². The van der Waals surface area contributed by atoms with E-state index in [-0.39, 0.29) is 18.1 Å². The summed E-state index contributed by atoms with van der Waals surface area (Å²) in [7, 11) is 0.711. The second-order valence-electron chi connectivity index (χ2n) is 5.12. The van der Waals surface area contributed by atoms with Gasteiger partial charge in [-0.05, 0) is 24.1 Å². The van der Waals surface area contributed by atoms with Crippen molar-refractivity contribution in [2.24, 2.45) is 0 Å². The van der Waals surface area contributed by atoms with Gasteiger partial charge in [0.15, 0.2) is 0 Å². The number of nitrogens with zero attached hydrogens (tertiary/aromatic N) is 1. The molecule has 1 N–H and O–H groups in total. The average molecular weight is 310 g/mol. The maximum Gasteiger partial charge on any atom is 0.241 e. The molecule has 1 amide bonds. The first-order valence-electron chi connectivity index (χ1n) is 7.07. The van der Waals surface area contributed by atoms with Crippen molar-refractivity contribution in [3.8, 4) is 5.75 Å². The first-order valence-corrected chi connectivity index (χ1v) is 8.80. The number of rotatable bonds is 6. The monoisotopic (exact) mass is 310 g/mol. The van der Waals surface area contributed by atoms with E-state index >= 15 is 0 Å². The molecule has 0 bridgehead atoms. The Kier molecular flexibility index (Phi) is 5.36. The number of ether oxygens (including phenoxy) is 1. The lowest BCUT2D eigenvalue weighted by Gasteiger charge is -2.24. The van der Waals surface area contributed by atoms with Crippen molar-refractivity contribution in [2.75, 3.05) is 25.7 Å². The fraction of sp³-hybridized carbons (Fsp3) is 0.533. The van der Waals surface area contributed by atoms with Crippen molar-refractivity contribution >= 4 is 16.7 Å². The van der Waals surface area contributed by atoms with E-state index in [1.165, 1.54) is 0 Å². The van der Waals surface area contributed by atoms with Gasteiger partial charge in [-0.1, -0.05) is 19.1 Å². The SMILES string of the molecule is CCC1NC(c2cccc(OC)c2)N(CCS(C)=O)C1=O. The Morgan fingerprint density at radius 3 is 2.81 bits per heavy atom. The molecule has 5 nitrogen and oxygen atoms in total. The minimum atomic E-state index is -0.913. The average Bonchev–Trinajstić information content (AvgIpc) is 2.81. The van der Waals surface area contributed by atoms with Crippen LogP contribution in [-0.4, -0.2) is 46.7 Å². The van der Waals surface area contributed by atoms with E-state index in [2.05, 4.69) is 5.32 Å². The molecular formula is C15H22N2O3S. The number of carbonyl (C=O) groups is 1. The van der Waals surface area contributed by atoms with Gasteiger partial charge in [-0.15, -0.1) is 0 Å². The van der Waals surface area contributed by atoms with Gasteiger partial charge in [0, 0.05) is 29.4 Å². The highest BCUT2D eigenvalue weighted by Crippen LogP contribution is 2.28. The highest BCUT2D eigenvalue weighted by Gasteiger charge is 2.38. The van der Waals surface area contributed by atoms with Gasteiger partial charge in [-0.25, -0.2) is 0 Å². The standard InChI is InChI=1S/C15H22N2O3S/c1-4-13-15(18)17(8-9-21(3)19)14(16-13)11-6-5-7-12(10-11)20-2/h5-7,10,13-14,16H,4,8-9H2,1-3H3. The van der Waals surface area contributed by atoms with Gasteiger partial charge in [-0.2, -0.15) is 0 Å². The molecule has 0 spiro atoms. The van der Waals surface area contributed by atoms with Crippen molar-refractivity contribution in [3.63, 3.8) is 0 Å². The van der Waals surface area contributed by atoms with Gasteiger partial charge in [0.25, 0.3) is 0 Å². The van der Waals surface area contributed by atoms with E-state index in [1.807, 2.05) is 31.2 Å². The maximum atomic E-state index is 12.4. The number of methoxy groups -OCH3 is 1. The Morgan fingerprint density at radius 2 is 2.19 bits per heavy atom. The number of carbonyl (C=O) groups excluding carboxylic acids is 1. The Balaban J connectivity index is 2.24. The van der Waals surface area contributed by atoms with Gasteiger partial charge in [0.05, 0.1) is 13.2 Å². The van der Waals surface area contributed by atoms with Gasteiger partial charge < -0.3 is 9.64 Å². The minimum absolute atomic E-state index is 0.0794. The summed E-state index contributed by atoms with van der Waals surface area (Å²) < 4.78 is 16.6. The lowest BCUT2D eigenvalue weighted by Crippen LogP contribution is -2.34. The molecule has 1 aliphatic rings. The van der Waals surface area contributed by atoms with Crippen LogP contribution < -0.4 is 10.1 Å². The number of nitrogens with one attached hydrogen (secondary N) is 1. The second-order valence-corrected chi connectivity index (χ2v) is 6.67. The number of hydrogen-bond donors (Lipinski definition) is 1. The molecule has 1 aromatic rings. The number of hydrogen-bond acceptors (Lipinski definition) is 4. The fourth-order valence-corrected chi connectivity index (χ4v) is 2.98. The van der Waals surface area contributed by atoms with Crippen LogP contribution in [0.3, 0.4) is 0 Å². The van der Waals surface area contributed by atoms with Crippen molar-refractivity contribution in [2.45, 2.75) is 25.6 Å². The van der Waals surface area contributed by atoms with Crippen LogP contribution in [0.25, 0.3) is 0 Å². The summed E-state index contributed by atoms with van der Waals surface area (Å²) in [6.45, 7) is 2.48. The van der Waals surface area contributed by atoms with E-state index in [0.29, 0.717) is 12.3 Å². The molecule has 3 unspecified atom stereocenters. The van der Waals surface area contributed by atoms with Crippen LogP contribution in [0.1, 0.15) is 25.1 Å². The topological polar surface area (TPSA) is 58.6 Å². The molecule has 21 heavy (non-hydrogen) atoms. The number of benzene rings is 1. The normalized spacial score (nSPS) is 23.4. The molecule has 0 radical (unpaired) electrons. The highest BCUT2D eigenvalue weighted by molar-refractivity contribution is 7.84. The maximum absolute atomic E-state index is 12.4. The van der Waals surface area contributed by atoms with Crippen molar-refractivity contribution in [3.05, 3.63) is 29.8 Å². The van der Waals surface area contributed by atoms with Gasteiger partial charge >= 0.3 is 0 Å². The van der Waals surface area contributed by atoms with Gasteiger partial charge in [0.1, 0.15) is 11.9 Å². The smallest absolute Gasteiger partial charge is 0.241 e. The summed E-state index contributed by atoms with van der Waals surface area (Å²) in [6, 6.07) is 7.52. The quantitative estimate of drug-likeness (QED) is 0.860. The van der Waals surface area contributed by atoms with Crippen LogP contribution in [0.2, 0.25) is 0 Å². The molecule has 1 saturated heterocycles. The summed E-state index contributed by atoms with van der Waals surface area (Å²) in [4.78, 5) is 14.2. The third-order valence-corrected chi connectivity index (χ3v) is 4.45. The Bertz CT molecular complexity index is 535. The summed E-state index contributed by atoms with van der Waals surface area (Å²) in [5.74, 6) is 1.33. The zero-order chi connectivity index (χ0) is 15.4. The van der Waals surface area contributed by atoms with Crippen LogP contribution in [-0.2, 0) is 15.6 Å². The zero-order valence-electron chi connectivity index (χ0n) is 12.7. The van der Waals surface area contributed by atoms with Crippen molar-refractivity contribution in [1.29, 1.82) is 0 Å². The van der Waals surface area contributed by atoms with E-state index in [1.54, 1.807) is 18.3 Å². The molecule has 1 aliphatic heterocycles. The van der Waals surface area contributed by atoms with Crippen LogP contribution in [0.15, 0.2) is 24.3 Å². The minimum Gasteiger partial charge on any atom is -0.497 e. The lowest BCUT2D eigenvalue weighted by molar-refractivity contribution is -0.129. The predicted molar refractivity (Wildman–Crippen MR) is 83.6 cm³/mol. The van der Waals surface area contributed by atoms with E-state index in [9.17, 15) is 9.00 Å². The Labute approximate surface area is 128 Å². The van der Waals surface area contributed by atoms with Crippen LogP contribution in [0, 0.1) is 0 Å². The zero-order valence-corrected chi connectivity index (χ0v) is 13.5. The largest absolute Gasteiger partial charge is 0.497 e. The first-order chi connectivity index (χ1) is 10.1. The van der Waals surface area contributed by atoms with Crippen LogP contribution in [0.4, 0.5) is 0 Å². The molecule has 6 heteroatoms. The van der Waals surface area contributed by atoms with E-state index < -0.39 is 10.8 Å². The lowest BCUT2D eigenvalue weighted by atomic mass is 10.1. The van der Waals surface area contributed by atoms with Crippen LogP contribution >= 0.6 is 0 Å². The molecule has 1 heterocycles. The molecule has 116 valence electrons.